The van der Waals surface area contributed by atoms with Crippen LogP contribution in [0.5, 0.6) is 0 Å². The molecule has 0 aromatic rings. The number of methoxy groups -OCH3 is 1. The summed E-state index contributed by atoms with van der Waals surface area (Å²) in [6.45, 7) is 6.51. The second-order valence-electron chi connectivity index (χ2n) is 3.65. The van der Waals surface area contributed by atoms with Crippen molar-refractivity contribution in [3.8, 4) is 12.3 Å². The Hall–Kier alpha value is -0.520. The van der Waals surface area contributed by atoms with Crippen molar-refractivity contribution >= 4 is 0 Å². The van der Waals surface area contributed by atoms with Crippen molar-refractivity contribution in [3.05, 3.63) is 0 Å². The first kappa shape index (κ1) is 13.5. The molecule has 0 aliphatic heterocycles. The highest BCUT2D eigenvalue weighted by molar-refractivity contribution is 4.83. The number of hydrogen-bond acceptors (Lipinski definition) is 2. The van der Waals surface area contributed by atoms with Gasteiger partial charge in [0.25, 0.3) is 0 Å². The maximum atomic E-state index is 5.55. The van der Waals surface area contributed by atoms with Crippen molar-refractivity contribution < 1.29 is 9.47 Å². The van der Waals surface area contributed by atoms with Crippen LogP contribution in [0.2, 0.25) is 0 Å². The van der Waals surface area contributed by atoms with Gasteiger partial charge in [-0.1, -0.05) is 13.8 Å². The van der Waals surface area contributed by atoms with Crippen LogP contribution in [0.4, 0.5) is 0 Å². The predicted octanol–water partition coefficient (Wildman–Crippen LogP) is 2.48. The predicted molar refractivity (Wildman–Crippen MR) is 59.2 cm³/mol. The van der Waals surface area contributed by atoms with Crippen molar-refractivity contribution in [2.75, 3.05) is 26.9 Å². The van der Waals surface area contributed by atoms with Crippen LogP contribution in [0.15, 0.2) is 0 Å². The van der Waals surface area contributed by atoms with Gasteiger partial charge in [-0.2, -0.15) is 0 Å². The lowest BCUT2D eigenvalue weighted by molar-refractivity contribution is -0.0115. The molecule has 2 nitrogen and oxygen atoms in total. The monoisotopic (exact) mass is 198 g/mol. The molecule has 0 aliphatic carbocycles. The lowest BCUT2D eigenvalue weighted by Gasteiger charge is -2.30. The zero-order chi connectivity index (χ0) is 10.9. The molecule has 0 saturated carbocycles. The molecule has 0 heterocycles. The fourth-order valence-corrected chi connectivity index (χ4v) is 1.43. The van der Waals surface area contributed by atoms with E-state index >= 15 is 0 Å². The molecule has 0 aliphatic rings. The molecule has 14 heavy (non-hydrogen) atoms. The highest BCUT2D eigenvalue weighted by atomic mass is 16.5. The average Bonchev–Trinajstić information content (AvgIpc) is 2.23. The van der Waals surface area contributed by atoms with Gasteiger partial charge in [0.15, 0.2) is 0 Å². The van der Waals surface area contributed by atoms with Gasteiger partial charge >= 0.3 is 0 Å². The summed E-state index contributed by atoms with van der Waals surface area (Å²) in [5.41, 5.74) is 0.170. The van der Waals surface area contributed by atoms with E-state index in [4.69, 9.17) is 15.9 Å². The molecule has 0 atom stereocenters. The van der Waals surface area contributed by atoms with Crippen LogP contribution in [0.1, 0.15) is 33.1 Å². The van der Waals surface area contributed by atoms with Crippen LogP contribution in [-0.2, 0) is 9.47 Å². The molecule has 0 aromatic carbocycles. The number of hydrogen-bond donors (Lipinski definition) is 0. The van der Waals surface area contributed by atoms with Crippen LogP contribution in [0.3, 0.4) is 0 Å². The summed E-state index contributed by atoms with van der Waals surface area (Å²) in [5, 5.41) is 0. The van der Waals surface area contributed by atoms with E-state index in [-0.39, 0.29) is 5.41 Å². The van der Waals surface area contributed by atoms with E-state index in [2.05, 4.69) is 19.8 Å². The zero-order valence-corrected chi connectivity index (χ0v) is 9.64. The summed E-state index contributed by atoms with van der Waals surface area (Å²) in [5.74, 6) is 2.57. The molecule has 0 spiro atoms. The van der Waals surface area contributed by atoms with Crippen LogP contribution in [-0.4, -0.2) is 26.9 Å². The first-order valence-corrected chi connectivity index (χ1v) is 5.24. The fourth-order valence-electron chi connectivity index (χ4n) is 1.43. The molecule has 0 amide bonds. The summed E-state index contributed by atoms with van der Waals surface area (Å²) in [7, 11) is 1.74. The summed E-state index contributed by atoms with van der Waals surface area (Å²) in [6, 6.07) is 0. The van der Waals surface area contributed by atoms with Crippen LogP contribution < -0.4 is 0 Å². The highest BCUT2D eigenvalue weighted by Gasteiger charge is 2.26. The lowest BCUT2D eigenvalue weighted by atomic mass is 9.84. The van der Waals surface area contributed by atoms with E-state index < -0.39 is 0 Å². The topological polar surface area (TPSA) is 18.5 Å². The van der Waals surface area contributed by atoms with Gasteiger partial charge in [-0.3, -0.25) is 0 Å². The Morgan fingerprint density at radius 2 is 1.86 bits per heavy atom. The van der Waals surface area contributed by atoms with Gasteiger partial charge in [-0.25, -0.2) is 0 Å². The van der Waals surface area contributed by atoms with Gasteiger partial charge in [0.05, 0.1) is 19.8 Å². The fraction of sp³-hybridized carbons (Fsp3) is 0.833. The zero-order valence-electron chi connectivity index (χ0n) is 9.64. The minimum Gasteiger partial charge on any atom is -0.384 e. The van der Waals surface area contributed by atoms with Gasteiger partial charge in [0, 0.05) is 18.9 Å². The van der Waals surface area contributed by atoms with Crippen molar-refractivity contribution in [2.24, 2.45) is 5.41 Å². The third-order valence-corrected chi connectivity index (χ3v) is 2.75. The summed E-state index contributed by atoms with van der Waals surface area (Å²) in [6.07, 6.45) is 7.99. The molecule has 0 saturated heterocycles. The first-order chi connectivity index (χ1) is 6.74. The Kier molecular flexibility index (Phi) is 7.55. The first-order valence-electron chi connectivity index (χ1n) is 5.24. The van der Waals surface area contributed by atoms with E-state index in [1.54, 1.807) is 7.11 Å². The summed E-state index contributed by atoms with van der Waals surface area (Å²) < 4.78 is 10.8. The minimum absolute atomic E-state index is 0.170. The smallest absolute Gasteiger partial charge is 0.0575 e. The number of rotatable bonds is 8. The molecule has 0 unspecified atom stereocenters. The number of terminal acetylenes is 1. The average molecular weight is 198 g/mol. The molecule has 0 bridgehead atoms. The van der Waals surface area contributed by atoms with E-state index in [1.807, 2.05) is 0 Å². The van der Waals surface area contributed by atoms with Gasteiger partial charge in [-0.05, 0) is 12.8 Å². The third-order valence-electron chi connectivity index (χ3n) is 2.75. The van der Waals surface area contributed by atoms with Crippen LogP contribution in [0.25, 0.3) is 0 Å². The van der Waals surface area contributed by atoms with E-state index in [1.165, 1.54) is 0 Å². The standard InChI is InChI=1S/C12H22O2/c1-5-8-9-14-11-12(6-2,7-3)10-13-4/h1H,6-11H2,2-4H3. The second kappa shape index (κ2) is 7.84. The van der Waals surface area contributed by atoms with Crippen molar-refractivity contribution in [1.82, 2.24) is 0 Å². The van der Waals surface area contributed by atoms with Gasteiger partial charge < -0.3 is 9.47 Å². The molecule has 2 heteroatoms. The molecule has 0 radical (unpaired) electrons. The Labute approximate surface area is 88.0 Å². The van der Waals surface area contributed by atoms with Crippen LogP contribution >= 0.6 is 0 Å². The molecule has 0 fully saturated rings. The normalized spacial score (nSPS) is 11.3. The Morgan fingerprint density at radius 1 is 1.21 bits per heavy atom. The minimum atomic E-state index is 0.170. The van der Waals surface area contributed by atoms with Gasteiger partial charge in [-0.15, -0.1) is 12.3 Å². The SMILES string of the molecule is C#CCCOCC(CC)(CC)COC. The largest absolute Gasteiger partial charge is 0.384 e. The molecule has 0 N–H and O–H groups in total. The maximum absolute atomic E-state index is 5.55. The molecular formula is C12H22O2. The van der Waals surface area contributed by atoms with Gasteiger partial charge in [0.2, 0.25) is 0 Å². The van der Waals surface area contributed by atoms with E-state index in [9.17, 15) is 0 Å². The summed E-state index contributed by atoms with van der Waals surface area (Å²) >= 11 is 0. The Morgan fingerprint density at radius 3 is 2.29 bits per heavy atom. The lowest BCUT2D eigenvalue weighted by Crippen LogP contribution is -2.30. The number of ether oxygens (including phenoxy) is 2. The molecule has 0 rings (SSSR count). The summed E-state index contributed by atoms with van der Waals surface area (Å²) in [4.78, 5) is 0. The Balaban J connectivity index is 3.89. The quantitative estimate of drug-likeness (QED) is 0.440. The van der Waals surface area contributed by atoms with Crippen LogP contribution in [0, 0.1) is 17.8 Å². The van der Waals surface area contributed by atoms with Crippen molar-refractivity contribution in [1.29, 1.82) is 0 Å². The van der Waals surface area contributed by atoms with E-state index in [0.29, 0.717) is 13.0 Å². The molecular weight excluding hydrogens is 176 g/mol. The van der Waals surface area contributed by atoms with Crippen molar-refractivity contribution in [3.63, 3.8) is 0 Å². The van der Waals surface area contributed by atoms with Crippen molar-refractivity contribution in [2.45, 2.75) is 33.1 Å². The van der Waals surface area contributed by atoms with E-state index in [0.717, 1.165) is 26.1 Å². The molecule has 0 aromatic heterocycles. The second-order valence-corrected chi connectivity index (χ2v) is 3.65. The molecule has 82 valence electrons. The Bertz CT molecular complexity index is 166. The van der Waals surface area contributed by atoms with Gasteiger partial charge in [0.1, 0.15) is 0 Å². The third kappa shape index (κ3) is 4.64. The highest BCUT2D eigenvalue weighted by Crippen LogP contribution is 2.26. The maximum Gasteiger partial charge on any atom is 0.0575 e.